The van der Waals surface area contributed by atoms with Gasteiger partial charge in [-0.3, -0.25) is 9.59 Å². The number of likely N-dealkylation sites (tertiary alicyclic amines) is 1. The molecule has 0 saturated carbocycles. The van der Waals surface area contributed by atoms with E-state index in [0.717, 1.165) is 17.0 Å². The van der Waals surface area contributed by atoms with Crippen LogP contribution in [0.1, 0.15) is 59.4 Å². The Bertz CT molecular complexity index is 901. The van der Waals surface area contributed by atoms with Crippen molar-refractivity contribution in [2.45, 2.75) is 59.9 Å². The number of amides is 2. The Morgan fingerprint density at radius 3 is 2.44 bits per heavy atom. The lowest BCUT2D eigenvalue weighted by Gasteiger charge is -2.46. The topological polar surface area (TPSA) is 49.4 Å². The summed E-state index contributed by atoms with van der Waals surface area (Å²) < 4.78 is 0. The smallest absolute Gasteiger partial charge is 0.245 e. The van der Waals surface area contributed by atoms with Crippen LogP contribution in [0.2, 0.25) is 5.02 Å². The maximum atomic E-state index is 13.5. The van der Waals surface area contributed by atoms with Gasteiger partial charge in [-0.05, 0) is 54.2 Å². The summed E-state index contributed by atoms with van der Waals surface area (Å²) in [7, 11) is 0. The first-order valence-corrected chi connectivity index (χ1v) is 12.1. The number of nitrogens with one attached hydrogen (secondary N) is 1. The van der Waals surface area contributed by atoms with E-state index in [0.29, 0.717) is 19.0 Å². The van der Waals surface area contributed by atoms with Gasteiger partial charge in [0.1, 0.15) is 6.04 Å². The van der Waals surface area contributed by atoms with Gasteiger partial charge in [0.25, 0.3) is 0 Å². The maximum absolute atomic E-state index is 13.5. The van der Waals surface area contributed by atoms with Gasteiger partial charge in [0.15, 0.2) is 0 Å². The van der Waals surface area contributed by atoms with Gasteiger partial charge in [0.05, 0.1) is 5.92 Å². The van der Waals surface area contributed by atoms with Crippen LogP contribution in [-0.4, -0.2) is 35.8 Å². The third kappa shape index (κ3) is 5.46. The molecule has 1 aliphatic carbocycles. The molecule has 1 saturated heterocycles. The highest BCUT2D eigenvalue weighted by atomic mass is 35.5. The van der Waals surface area contributed by atoms with Crippen LogP contribution in [-0.2, 0) is 9.59 Å². The molecule has 0 bridgehead atoms. The molecule has 1 heterocycles. The maximum Gasteiger partial charge on any atom is 0.245 e. The van der Waals surface area contributed by atoms with Crippen molar-refractivity contribution in [2.24, 2.45) is 23.2 Å². The van der Waals surface area contributed by atoms with E-state index in [1.807, 2.05) is 56.9 Å². The van der Waals surface area contributed by atoms with E-state index in [9.17, 15) is 9.59 Å². The average Bonchev–Trinajstić information content (AvgIpc) is 2.73. The summed E-state index contributed by atoms with van der Waals surface area (Å²) in [5.74, 6) is 0.220. The molecular formula is C27H37ClN2O2. The number of carbonyl (C=O) groups is 2. The number of nitrogens with zero attached hydrogens (tertiary/aromatic N) is 1. The summed E-state index contributed by atoms with van der Waals surface area (Å²) in [5.41, 5.74) is 2.28. The molecule has 3 rings (SSSR count). The normalized spacial score (nSPS) is 25.9. The third-order valence-corrected chi connectivity index (χ3v) is 7.27. The first kappa shape index (κ1) is 24.6. The third-order valence-electron chi connectivity index (χ3n) is 7.02. The molecule has 1 aromatic carbocycles. The van der Waals surface area contributed by atoms with Crippen molar-refractivity contribution in [1.82, 2.24) is 10.2 Å². The lowest BCUT2D eigenvalue weighted by Crippen LogP contribution is -2.56. The molecule has 1 aromatic rings. The second kappa shape index (κ2) is 9.82. The minimum absolute atomic E-state index is 0.0167. The standard InChI is InChI=1S/C27H37ClN2O2/c1-17(2)24(29-25(31)22-15-18(3)7-8-19(22)4)26(32)30-14-13-23(27(5,6)16-30)20-9-11-21(28)12-10-20/h7-12,15,17,19,22-24H,13-14,16H2,1-6H3,(H,29,31)/t19?,22?,23-,24-/m1/s1. The predicted molar refractivity (Wildman–Crippen MR) is 131 cm³/mol. The summed E-state index contributed by atoms with van der Waals surface area (Å²) >= 11 is 6.07. The second-order valence-electron chi connectivity index (χ2n) is 10.5. The van der Waals surface area contributed by atoms with E-state index in [1.165, 1.54) is 5.56 Å². The Kier molecular flexibility index (Phi) is 7.54. The Hall–Kier alpha value is -2.07. The fourth-order valence-electron chi connectivity index (χ4n) is 5.05. The highest BCUT2D eigenvalue weighted by molar-refractivity contribution is 6.30. The van der Waals surface area contributed by atoms with Crippen LogP contribution in [0.25, 0.3) is 0 Å². The zero-order chi connectivity index (χ0) is 23.6. The number of rotatable bonds is 5. The van der Waals surface area contributed by atoms with Crippen LogP contribution >= 0.6 is 11.6 Å². The van der Waals surface area contributed by atoms with Crippen molar-refractivity contribution in [2.75, 3.05) is 13.1 Å². The summed E-state index contributed by atoms with van der Waals surface area (Å²) in [5, 5.41) is 3.83. The fourth-order valence-corrected chi connectivity index (χ4v) is 5.17. The van der Waals surface area contributed by atoms with Crippen molar-refractivity contribution in [3.05, 3.63) is 58.7 Å². The molecule has 32 heavy (non-hydrogen) atoms. The van der Waals surface area contributed by atoms with Gasteiger partial charge in [-0.25, -0.2) is 0 Å². The fraction of sp³-hybridized carbons (Fsp3) is 0.556. The molecule has 4 atom stereocenters. The van der Waals surface area contributed by atoms with Gasteiger partial charge in [-0.1, -0.05) is 82.2 Å². The molecule has 1 fully saturated rings. The summed E-state index contributed by atoms with van der Waals surface area (Å²) in [4.78, 5) is 28.6. The van der Waals surface area contributed by atoms with Crippen molar-refractivity contribution in [3.8, 4) is 0 Å². The first-order valence-electron chi connectivity index (χ1n) is 11.7. The highest BCUT2D eigenvalue weighted by Gasteiger charge is 2.41. The van der Waals surface area contributed by atoms with Crippen molar-refractivity contribution < 1.29 is 9.59 Å². The quantitative estimate of drug-likeness (QED) is 0.627. The Morgan fingerprint density at radius 1 is 1.19 bits per heavy atom. The predicted octanol–water partition coefficient (Wildman–Crippen LogP) is 5.59. The second-order valence-corrected chi connectivity index (χ2v) is 11.0. The molecule has 5 heteroatoms. The monoisotopic (exact) mass is 456 g/mol. The van der Waals surface area contributed by atoms with Gasteiger partial charge < -0.3 is 10.2 Å². The van der Waals surface area contributed by atoms with Crippen LogP contribution in [0.4, 0.5) is 0 Å². The summed E-state index contributed by atoms with van der Waals surface area (Å²) in [6.07, 6.45) is 7.01. The molecule has 1 N–H and O–H groups in total. The van der Waals surface area contributed by atoms with Gasteiger partial charge in [-0.2, -0.15) is 0 Å². The van der Waals surface area contributed by atoms with Gasteiger partial charge in [-0.15, -0.1) is 0 Å². The number of halogens is 1. The zero-order valence-corrected chi connectivity index (χ0v) is 20.9. The van der Waals surface area contributed by atoms with Gasteiger partial charge >= 0.3 is 0 Å². The number of carbonyl (C=O) groups excluding carboxylic acids is 2. The van der Waals surface area contributed by atoms with Crippen molar-refractivity contribution in [1.29, 1.82) is 0 Å². The van der Waals surface area contributed by atoms with Crippen molar-refractivity contribution in [3.63, 3.8) is 0 Å². The molecule has 4 nitrogen and oxygen atoms in total. The lowest BCUT2D eigenvalue weighted by atomic mass is 9.70. The Morgan fingerprint density at radius 2 is 1.84 bits per heavy atom. The minimum Gasteiger partial charge on any atom is -0.344 e. The number of allylic oxidation sites excluding steroid dienone is 3. The minimum atomic E-state index is -0.516. The van der Waals surface area contributed by atoms with E-state index in [1.54, 1.807) is 0 Å². The molecule has 0 spiro atoms. The SMILES string of the molecule is CC1=CC(C(=O)N[C@@H](C(=O)N2CC[C@H](c3ccc(Cl)cc3)C(C)(C)C2)C(C)C)C(C)C=C1. The van der Waals surface area contributed by atoms with Crippen LogP contribution in [0.15, 0.2) is 48.1 Å². The molecular weight excluding hydrogens is 420 g/mol. The van der Waals surface area contributed by atoms with E-state index < -0.39 is 6.04 Å². The van der Waals surface area contributed by atoms with Crippen LogP contribution in [0.5, 0.6) is 0 Å². The number of hydrogen-bond donors (Lipinski definition) is 1. The number of benzene rings is 1. The number of hydrogen-bond acceptors (Lipinski definition) is 2. The summed E-state index contributed by atoms with van der Waals surface area (Å²) in [6, 6.07) is 7.55. The van der Waals surface area contributed by atoms with Gasteiger partial charge in [0.2, 0.25) is 11.8 Å². The molecule has 0 aromatic heterocycles. The Balaban J connectivity index is 1.71. The molecule has 1 aliphatic heterocycles. The van der Waals surface area contributed by atoms with Crippen molar-refractivity contribution >= 4 is 23.4 Å². The van der Waals surface area contributed by atoms with E-state index in [-0.39, 0.29) is 35.0 Å². The zero-order valence-electron chi connectivity index (χ0n) is 20.2. The molecule has 2 aliphatic rings. The molecule has 0 radical (unpaired) electrons. The summed E-state index contributed by atoms with van der Waals surface area (Å²) in [6.45, 7) is 13.8. The largest absolute Gasteiger partial charge is 0.344 e. The lowest BCUT2D eigenvalue weighted by molar-refractivity contribution is -0.141. The highest BCUT2D eigenvalue weighted by Crippen LogP contribution is 2.42. The van der Waals surface area contributed by atoms with E-state index in [4.69, 9.17) is 11.6 Å². The van der Waals surface area contributed by atoms with Crippen LogP contribution < -0.4 is 5.32 Å². The first-order chi connectivity index (χ1) is 15.0. The molecule has 2 amide bonds. The molecule has 174 valence electrons. The van der Waals surface area contributed by atoms with Crippen LogP contribution in [0.3, 0.4) is 0 Å². The van der Waals surface area contributed by atoms with Gasteiger partial charge in [0, 0.05) is 18.1 Å². The van der Waals surface area contributed by atoms with E-state index in [2.05, 4.69) is 37.4 Å². The average molecular weight is 457 g/mol. The van der Waals surface area contributed by atoms with E-state index >= 15 is 0 Å². The number of piperidine rings is 1. The Labute approximate surface area is 198 Å². The molecule has 2 unspecified atom stereocenters. The van der Waals surface area contributed by atoms with Crippen LogP contribution in [0, 0.1) is 23.2 Å².